The van der Waals surface area contributed by atoms with E-state index in [0.717, 1.165) is 18.5 Å². The smallest absolute Gasteiger partial charge is 0.271 e. The number of halogens is 1. The topological polar surface area (TPSA) is 69.8 Å². The summed E-state index contributed by atoms with van der Waals surface area (Å²) in [5, 5.41) is 13.7. The SMILES string of the molecule is CC(C)c1cc(C(=O)NC2CC3CCC(C2)N3)n[nH]1.Cl. The molecule has 2 bridgehead atoms. The maximum absolute atomic E-state index is 12.2. The zero-order chi connectivity index (χ0) is 13.4. The lowest BCUT2D eigenvalue weighted by molar-refractivity contribution is 0.0919. The number of aromatic nitrogens is 2. The molecule has 2 saturated heterocycles. The van der Waals surface area contributed by atoms with Crippen LogP contribution >= 0.6 is 12.4 Å². The van der Waals surface area contributed by atoms with Crippen molar-refractivity contribution in [3.05, 3.63) is 17.5 Å². The van der Waals surface area contributed by atoms with E-state index in [1.165, 1.54) is 12.8 Å². The lowest BCUT2D eigenvalue weighted by Gasteiger charge is -2.29. The number of amides is 1. The van der Waals surface area contributed by atoms with Crippen molar-refractivity contribution < 1.29 is 4.79 Å². The van der Waals surface area contributed by atoms with Crippen molar-refractivity contribution in [2.75, 3.05) is 0 Å². The Labute approximate surface area is 125 Å². The first-order valence-corrected chi connectivity index (χ1v) is 7.24. The fourth-order valence-electron chi connectivity index (χ4n) is 3.18. The Morgan fingerprint density at radius 1 is 1.35 bits per heavy atom. The molecule has 2 atom stereocenters. The van der Waals surface area contributed by atoms with Gasteiger partial charge in [-0.25, -0.2) is 0 Å². The van der Waals surface area contributed by atoms with E-state index in [-0.39, 0.29) is 18.3 Å². The summed E-state index contributed by atoms with van der Waals surface area (Å²) < 4.78 is 0. The van der Waals surface area contributed by atoms with Gasteiger partial charge in [-0.15, -0.1) is 12.4 Å². The highest BCUT2D eigenvalue weighted by Crippen LogP contribution is 2.26. The van der Waals surface area contributed by atoms with Crippen LogP contribution in [-0.2, 0) is 0 Å². The molecule has 0 radical (unpaired) electrons. The van der Waals surface area contributed by atoms with Crippen LogP contribution in [0.5, 0.6) is 0 Å². The molecule has 6 heteroatoms. The number of nitrogens with one attached hydrogen (secondary N) is 3. The minimum atomic E-state index is -0.0468. The second kappa shape index (κ2) is 6.14. The fraction of sp³-hybridized carbons (Fsp3) is 0.714. The summed E-state index contributed by atoms with van der Waals surface area (Å²) in [6, 6.07) is 3.34. The Morgan fingerprint density at radius 2 is 2.00 bits per heavy atom. The van der Waals surface area contributed by atoms with E-state index in [1.807, 2.05) is 6.07 Å². The summed E-state index contributed by atoms with van der Waals surface area (Å²) in [5.74, 6) is 0.318. The Balaban J connectivity index is 0.00000147. The average molecular weight is 299 g/mol. The molecule has 3 rings (SSSR count). The van der Waals surface area contributed by atoms with Crippen LogP contribution in [0.2, 0.25) is 0 Å². The van der Waals surface area contributed by atoms with Gasteiger partial charge in [0.15, 0.2) is 0 Å². The number of rotatable bonds is 3. The molecule has 1 amide bonds. The van der Waals surface area contributed by atoms with Crippen molar-refractivity contribution in [3.63, 3.8) is 0 Å². The van der Waals surface area contributed by atoms with Crippen molar-refractivity contribution in [2.45, 2.75) is 63.6 Å². The molecule has 3 N–H and O–H groups in total. The molecule has 1 aromatic rings. The molecule has 1 aromatic heterocycles. The number of hydrogen-bond acceptors (Lipinski definition) is 3. The first kappa shape index (κ1) is 15.3. The van der Waals surface area contributed by atoms with Gasteiger partial charge in [0.25, 0.3) is 5.91 Å². The first-order chi connectivity index (χ1) is 9.11. The van der Waals surface area contributed by atoms with Crippen molar-refractivity contribution in [3.8, 4) is 0 Å². The Hall–Kier alpha value is -1.07. The molecule has 2 aliphatic rings. The zero-order valence-electron chi connectivity index (χ0n) is 12.0. The number of aromatic amines is 1. The molecular formula is C14H23ClN4O. The maximum Gasteiger partial charge on any atom is 0.271 e. The van der Waals surface area contributed by atoms with E-state index in [2.05, 4.69) is 34.7 Å². The summed E-state index contributed by atoms with van der Waals surface area (Å²) in [6.07, 6.45) is 4.58. The molecule has 5 nitrogen and oxygen atoms in total. The number of hydrogen-bond donors (Lipinski definition) is 3. The van der Waals surface area contributed by atoms with Gasteiger partial charge in [-0.2, -0.15) is 5.10 Å². The third-order valence-corrected chi connectivity index (χ3v) is 4.26. The lowest BCUT2D eigenvalue weighted by Crippen LogP contribution is -2.48. The van der Waals surface area contributed by atoms with E-state index in [0.29, 0.717) is 29.7 Å². The number of H-pyrrole nitrogens is 1. The molecule has 0 saturated carbocycles. The number of carbonyl (C=O) groups is 1. The van der Waals surface area contributed by atoms with Crippen LogP contribution in [0.15, 0.2) is 6.07 Å². The average Bonchev–Trinajstić information content (AvgIpc) is 2.96. The van der Waals surface area contributed by atoms with Gasteiger partial charge in [-0.05, 0) is 37.7 Å². The molecule has 20 heavy (non-hydrogen) atoms. The van der Waals surface area contributed by atoms with Crippen LogP contribution in [0.25, 0.3) is 0 Å². The summed E-state index contributed by atoms with van der Waals surface area (Å²) >= 11 is 0. The second-order valence-corrected chi connectivity index (χ2v) is 6.14. The highest BCUT2D eigenvalue weighted by molar-refractivity contribution is 5.92. The predicted molar refractivity (Wildman–Crippen MR) is 80.4 cm³/mol. The van der Waals surface area contributed by atoms with E-state index in [4.69, 9.17) is 0 Å². The second-order valence-electron chi connectivity index (χ2n) is 6.14. The third-order valence-electron chi connectivity index (χ3n) is 4.26. The quantitative estimate of drug-likeness (QED) is 0.799. The van der Waals surface area contributed by atoms with E-state index < -0.39 is 0 Å². The number of piperidine rings is 1. The molecule has 0 spiro atoms. The van der Waals surface area contributed by atoms with Crippen molar-refractivity contribution in [1.82, 2.24) is 20.8 Å². The monoisotopic (exact) mass is 298 g/mol. The number of fused-ring (bicyclic) bond motifs is 2. The highest BCUT2D eigenvalue weighted by Gasteiger charge is 2.34. The van der Waals surface area contributed by atoms with Crippen molar-refractivity contribution in [1.29, 1.82) is 0 Å². The Bertz CT molecular complexity index is 461. The molecule has 0 aromatic carbocycles. The molecule has 112 valence electrons. The first-order valence-electron chi connectivity index (χ1n) is 7.24. The predicted octanol–water partition coefficient (Wildman–Crippen LogP) is 1.97. The maximum atomic E-state index is 12.2. The largest absolute Gasteiger partial charge is 0.348 e. The normalized spacial score (nSPS) is 28.2. The summed E-state index contributed by atoms with van der Waals surface area (Å²) in [5.41, 5.74) is 1.52. The van der Waals surface area contributed by atoms with E-state index in [9.17, 15) is 4.79 Å². The summed E-state index contributed by atoms with van der Waals surface area (Å²) in [6.45, 7) is 4.17. The van der Waals surface area contributed by atoms with Crippen molar-refractivity contribution in [2.24, 2.45) is 0 Å². The van der Waals surface area contributed by atoms with Crippen LogP contribution < -0.4 is 10.6 Å². The van der Waals surface area contributed by atoms with Gasteiger partial charge in [0, 0.05) is 23.8 Å². The van der Waals surface area contributed by atoms with Gasteiger partial charge >= 0.3 is 0 Å². The minimum absolute atomic E-state index is 0. The Kier molecular flexibility index (Phi) is 4.70. The molecule has 2 unspecified atom stereocenters. The van der Waals surface area contributed by atoms with Gasteiger partial charge in [-0.3, -0.25) is 9.89 Å². The van der Waals surface area contributed by atoms with E-state index in [1.54, 1.807) is 0 Å². The van der Waals surface area contributed by atoms with Gasteiger partial charge in [0.1, 0.15) is 5.69 Å². The summed E-state index contributed by atoms with van der Waals surface area (Å²) in [7, 11) is 0. The van der Waals surface area contributed by atoms with Crippen LogP contribution in [-0.4, -0.2) is 34.2 Å². The van der Waals surface area contributed by atoms with Gasteiger partial charge in [-0.1, -0.05) is 13.8 Å². The highest BCUT2D eigenvalue weighted by atomic mass is 35.5. The molecular weight excluding hydrogens is 276 g/mol. The van der Waals surface area contributed by atoms with Gasteiger partial charge < -0.3 is 10.6 Å². The number of carbonyl (C=O) groups excluding carboxylic acids is 1. The molecule has 0 aliphatic carbocycles. The van der Waals surface area contributed by atoms with Gasteiger partial charge in [0.05, 0.1) is 0 Å². The minimum Gasteiger partial charge on any atom is -0.348 e. The number of nitrogens with zero attached hydrogens (tertiary/aromatic N) is 1. The van der Waals surface area contributed by atoms with Crippen LogP contribution in [0.3, 0.4) is 0 Å². The lowest BCUT2D eigenvalue weighted by atomic mass is 10.00. The van der Waals surface area contributed by atoms with E-state index >= 15 is 0 Å². The van der Waals surface area contributed by atoms with Gasteiger partial charge in [0.2, 0.25) is 0 Å². The Morgan fingerprint density at radius 3 is 2.55 bits per heavy atom. The summed E-state index contributed by atoms with van der Waals surface area (Å²) in [4.78, 5) is 12.2. The van der Waals surface area contributed by atoms with Crippen LogP contribution in [0.4, 0.5) is 0 Å². The zero-order valence-corrected chi connectivity index (χ0v) is 12.8. The van der Waals surface area contributed by atoms with Crippen molar-refractivity contribution >= 4 is 18.3 Å². The molecule has 2 aliphatic heterocycles. The van der Waals surface area contributed by atoms with Crippen LogP contribution in [0.1, 0.15) is 61.6 Å². The fourth-order valence-corrected chi connectivity index (χ4v) is 3.18. The third kappa shape index (κ3) is 3.15. The van der Waals surface area contributed by atoms with Crippen LogP contribution in [0, 0.1) is 0 Å². The molecule has 3 heterocycles. The standard InChI is InChI=1S/C14H22N4O.ClH/c1-8(2)12-7-13(18-17-12)14(19)16-11-5-9-3-4-10(6-11)15-9;/h7-11,15H,3-6H2,1-2H3,(H,16,19)(H,17,18);1H. The molecule has 2 fully saturated rings.